The first-order valence-corrected chi connectivity index (χ1v) is 11.4. The van der Waals surface area contributed by atoms with Gasteiger partial charge in [-0.15, -0.1) is 0 Å². The van der Waals surface area contributed by atoms with Gasteiger partial charge in [-0.25, -0.2) is 9.67 Å². The molecule has 0 aliphatic carbocycles. The molecular formula is C23H24BrN5O3. The number of pyridine rings is 1. The number of likely N-dealkylation sites (tertiary alicyclic amines) is 1. The van der Waals surface area contributed by atoms with Crippen LogP contribution in [-0.4, -0.2) is 44.6 Å². The normalized spacial score (nSPS) is 16.4. The highest BCUT2D eigenvalue weighted by atomic mass is 79.9. The standard InChI is InChI=1S/C23H24BrN5O3/c1-14(2)29-22(31)18-8-4-3-7-17(18)20(27-29)23(32)28-11-5-6-15(13-28)21(30)26-19-10-9-16(24)12-25-19/h3-4,7-10,12,14-15H,5-6,11,13H2,1-2H3,(H,25,26,30). The average molecular weight is 498 g/mol. The molecule has 166 valence electrons. The molecule has 3 aromatic rings. The summed E-state index contributed by atoms with van der Waals surface area (Å²) in [5, 5.41) is 8.25. The van der Waals surface area contributed by atoms with E-state index in [9.17, 15) is 14.4 Å². The third kappa shape index (κ3) is 4.43. The van der Waals surface area contributed by atoms with E-state index >= 15 is 0 Å². The van der Waals surface area contributed by atoms with Gasteiger partial charge in [0.05, 0.1) is 17.3 Å². The maximum Gasteiger partial charge on any atom is 0.274 e. The summed E-state index contributed by atoms with van der Waals surface area (Å²) < 4.78 is 2.18. The Morgan fingerprint density at radius 1 is 1.16 bits per heavy atom. The Labute approximate surface area is 193 Å². The lowest BCUT2D eigenvalue weighted by Crippen LogP contribution is -2.44. The van der Waals surface area contributed by atoms with Crippen LogP contribution in [0.5, 0.6) is 0 Å². The molecule has 0 saturated carbocycles. The minimum Gasteiger partial charge on any atom is -0.336 e. The Balaban J connectivity index is 1.59. The topological polar surface area (TPSA) is 97.2 Å². The predicted octanol–water partition coefficient (Wildman–Crippen LogP) is 3.63. The average Bonchev–Trinajstić information content (AvgIpc) is 2.80. The van der Waals surface area contributed by atoms with E-state index in [1.165, 1.54) is 4.68 Å². The number of piperidine rings is 1. The minimum absolute atomic E-state index is 0.165. The molecule has 1 saturated heterocycles. The molecule has 1 aliphatic rings. The van der Waals surface area contributed by atoms with E-state index in [0.29, 0.717) is 36.0 Å². The van der Waals surface area contributed by atoms with Crippen molar-refractivity contribution in [3.8, 4) is 0 Å². The lowest BCUT2D eigenvalue weighted by Gasteiger charge is -2.32. The van der Waals surface area contributed by atoms with Crippen molar-refractivity contribution < 1.29 is 9.59 Å². The minimum atomic E-state index is -0.347. The number of hydrogen-bond acceptors (Lipinski definition) is 5. The van der Waals surface area contributed by atoms with Crippen LogP contribution >= 0.6 is 15.9 Å². The van der Waals surface area contributed by atoms with Crippen LogP contribution < -0.4 is 10.9 Å². The maximum atomic E-state index is 13.5. The number of aromatic nitrogens is 3. The summed E-state index contributed by atoms with van der Waals surface area (Å²) in [4.78, 5) is 44.9. The zero-order valence-electron chi connectivity index (χ0n) is 17.9. The Hall–Kier alpha value is -3.07. The van der Waals surface area contributed by atoms with E-state index in [2.05, 4.69) is 31.3 Å². The Morgan fingerprint density at radius 2 is 1.91 bits per heavy atom. The van der Waals surface area contributed by atoms with Crippen LogP contribution in [-0.2, 0) is 4.79 Å². The van der Waals surface area contributed by atoms with Crippen LogP contribution in [0.4, 0.5) is 5.82 Å². The lowest BCUT2D eigenvalue weighted by atomic mass is 9.96. The number of carbonyl (C=O) groups excluding carboxylic acids is 2. The van der Waals surface area contributed by atoms with E-state index in [0.717, 1.165) is 4.47 Å². The van der Waals surface area contributed by atoms with Crippen molar-refractivity contribution in [1.29, 1.82) is 0 Å². The van der Waals surface area contributed by atoms with Crippen LogP contribution in [0.3, 0.4) is 0 Å². The molecule has 0 bridgehead atoms. The van der Waals surface area contributed by atoms with Gasteiger partial charge in [0.15, 0.2) is 5.69 Å². The first-order chi connectivity index (χ1) is 15.3. The molecule has 32 heavy (non-hydrogen) atoms. The molecular weight excluding hydrogens is 474 g/mol. The monoisotopic (exact) mass is 497 g/mol. The molecule has 1 unspecified atom stereocenters. The SMILES string of the molecule is CC(C)n1nc(C(=O)N2CCCC(C(=O)Nc3ccc(Br)cn3)C2)c2ccccc2c1=O. The van der Waals surface area contributed by atoms with E-state index in [1.54, 1.807) is 47.5 Å². The van der Waals surface area contributed by atoms with Gasteiger partial charge in [-0.1, -0.05) is 18.2 Å². The van der Waals surface area contributed by atoms with Crippen molar-refractivity contribution in [3.63, 3.8) is 0 Å². The van der Waals surface area contributed by atoms with Gasteiger partial charge in [-0.3, -0.25) is 14.4 Å². The number of anilines is 1. The number of rotatable bonds is 4. The second-order valence-electron chi connectivity index (χ2n) is 8.18. The Kier molecular flexibility index (Phi) is 6.36. The van der Waals surface area contributed by atoms with Gasteiger partial charge in [0.1, 0.15) is 5.82 Å². The number of hydrogen-bond donors (Lipinski definition) is 1. The van der Waals surface area contributed by atoms with E-state index in [4.69, 9.17) is 0 Å². The van der Waals surface area contributed by atoms with Crippen molar-refractivity contribution in [2.75, 3.05) is 18.4 Å². The molecule has 1 fully saturated rings. The molecule has 0 radical (unpaired) electrons. The zero-order chi connectivity index (χ0) is 22.8. The second-order valence-corrected chi connectivity index (χ2v) is 9.09. The zero-order valence-corrected chi connectivity index (χ0v) is 19.5. The fourth-order valence-corrected chi connectivity index (χ4v) is 4.15. The first kappa shape index (κ1) is 22.1. The summed E-state index contributed by atoms with van der Waals surface area (Å²) in [5.41, 5.74) is 0.0228. The summed E-state index contributed by atoms with van der Waals surface area (Å²) in [6, 6.07) is 10.4. The molecule has 8 nitrogen and oxygen atoms in total. The number of benzene rings is 1. The van der Waals surface area contributed by atoms with Gasteiger partial charge < -0.3 is 10.2 Å². The van der Waals surface area contributed by atoms with Gasteiger partial charge in [0.2, 0.25) is 5.91 Å². The number of halogens is 1. The van der Waals surface area contributed by atoms with Crippen LogP contribution in [0.1, 0.15) is 43.2 Å². The van der Waals surface area contributed by atoms with Crippen LogP contribution in [0.25, 0.3) is 10.8 Å². The van der Waals surface area contributed by atoms with Crippen LogP contribution in [0, 0.1) is 5.92 Å². The highest BCUT2D eigenvalue weighted by Crippen LogP contribution is 2.23. The number of nitrogens with zero attached hydrogens (tertiary/aromatic N) is 4. The highest BCUT2D eigenvalue weighted by molar-refractivity contribution is 9.10. The summed E-state index contributed by atoms with van der Waals surface area (Å²) in [6.45, 7) is 4.54. The lowest BCUT2D eigenvalue weighted by molar-refractivity contribution is -0.121. The third-order valence-electron chi connectivity index (χ3n) is 5.58. The Bertz CT molecular complexity index is 1220. The van der Waals surface area contributed by atoms with E-state index in [1.807, 2.05) is 13.8 Å². The summed E-state index contributed by atoms with van der Waals surface area (Å²) in [7, 11) is 0. The maximum absolute atomic E-state index is 13.5. The van der Waals surface area contributed by atoms with Gasteiger partial charge in [0.25, 0.3) is 11.5 Å². The molecule has 1 N–H and O–H groups in total. The smallest absolute Gasteiger partial charge is 0.274 e. The van der Waals surface area contributed by atoms with Crippen molar-refractivity contribution in [3.05, 3.63) is 63.1 Å². The fourth-order valence-electron chi connectivity index (χ4n) is 3.92. The largest absolute Gasteiger partial charge is 0.336 e. The molecule has 1 atom stereocenters. The van der Waals surface area contributed by atoms with Crippen molar-refractivity contribution in [2.24, 2.45) is 5.92 Å². The quantitative estimate of drug-likeness (QED) is 0.593. The number of fused-ring (bicyclic) bond motifs is 1. The van der Waals surface area contributed by atoms with E-state index in [-0.39, 0.29) is 41.6 Å². The molecule has 2 amide bonds. The second kappa shape index (κ2) is 9.20. The molecule has 3 heterocycles. The molecule has 9 heteroatoms. The van der Waals surface area contributed by atoms with Gasteiger partial charge in [-0.2, -0.15) is 5.10 Å². The fraction of sp³-hybridized carbons (Fsp3) is 0.348. The molecule has 4 rings (SSSR count). The van der Waals surface area contributed by atoms with Crippen LogP contribution in [0.2, 0.25) is 0 Å². The van der Waals surface area contributed by atoms with Gasteiger partial charge >= 0.3 is 0 Å². The van der Waals surface area contributed by atoms with Crippen molar-refractivity contribution in [2.45, 2.75) is 32.7 Å². The first-order valence-electron chi connectivity index (χ1n) is 10.6. The van der Waals surface area contributed by atoms with Crippen molar-refractivity contribution >= 4 is 44.3 Å². The summed E-state index contributed by atoms with van der Waals surface area (Å²) in [5.74, 6) is -0.309. The van der Waals surface area contributed by atoms with E-state index < -0.39 is 0 Å². The molecule has 2 aromatic heterocycles. The number of nitrogens with one attached hydrogen (secondary N) is 1. The number of carbonyl (C=O) groups is 2. The molecule has 0 spiro atoms. The predicted molar refractivity (Wildman–Crippen MR) is 126 cm³/mol. The van der Waals surface area contributed by atoms with Crippen molar-refractivity contribution in [1.82, 2.24) is 19.7 Å². The Morgan fingerprint density at radius 3 is 2.59 bits per heavy atom. The molecule has 1 aliphatic heterocycles. The highest BCUT2D eigenvalue weighted by Gasteiger charge is 2.31. The summed E-state index contributed by atoms with van der Waals surface area (Å²) in [6.07, 6.45) is 3.01. The van der Waals surface area contributed by atoms with Crippen LogP contribution in [0.15, 0.2) is 51.9 Å². The molecule has 1 aromatic carbocycles. The summed E-state index contributed by atoms with van der Waals surface area (Å²) >= 11 is 3.32. The third-order valence-corrected chi connectivity index (χ3v) is 6.05. The van der Waals surface area contributed by atoms with Gasteiger partial charge in [0, 0.05) is 29.1 Å². The number of amides is 2. The van der Waals surface area contributed by atoms with Gasteiger partial charge in [-0.05, 0) is 60.8 Å².